The number of aliphatic imine (C=N–C) groups is 1. The van der Waals surface area contributed by atoms with Crippen LogP contribution in [0, 0.1) is 5.92 Å². The van der Waals surface area contributed by atoms with Crippen LogP contribution in [0.3, 0.4) is 0 Å². The number of fused-ring (bicyclic) bond motifs is 1. The molecule has 5 heteroatoms. The normalized spacial score (nSPS) is 17.9. The fraction of sp³-hybridized carbons (Fsp3) is 0.467. The van der Waals surface area contributed by atoms with Crippen molar-refractivity contribution in [2.24, 2.45) is 16.6 Å². The van der Waals surface area contributed by atoms with Crippen molar-refractivity contribution in [1.29, 1.82) is 0 Å². The summed E-state index contributed by atoms with van der Waals surface area (Å²) in [7, 11) is 0. The summed E-state index contributed by atoms with van der Waals surface area (Å²) in [6, 6.07) is 6.08. The van der Waals surface area contributed by atoms with Gasteiger partial charge in [-0.25, -0.2) is 9.98 Å². The monoisotopic (exact) mass is 271 g/mol. The van der Waals surface area contributed by atoms with E-state index in [2.05, 4.69) is 32.9 Å². The number of nitrogens with one attached hydrogen (secondary N) is 1. The molecule has 0 spiro atoms. The number of nitrogens with two attached hydrogens (primary N) is 1. The van der Waals surface area contributed by atoms with E-state index in [-0.39, 0.29) is 0 Å². The molecule has 0 radical (unpaired) electrons. The minimum absolute atomic E-state index is 0.535. The third-order valence-corrected chi connectivity index (χ3v) is 3.98. The molecule has 20 heavy (non-hydrogen) atoms. The molecule has 2 aromatic heterocycles. The third-order valence-electron chi connectivity index (χ3n) is 3.98. The summed E-state index contributed by atoms with van der Waals surface area (Å²) in [6.07, 6.45) is 4.29. The number of hydrogen-bond acceptors (Lipinski definition) is 2. The summed E-state index contributed by atoms with van der Waals surface area (Å²) in [5.74, 6) is 1.45. The van der Waals surface area contributed by atoms with Gasteiger partial charge in [0.25, 0.3) is 0 Å². The minimum atomic E-state index is 0.535. The van der Waals surface area contributed by atoms with Gasteiger partial charge in [-0.1, -0.05) is 6.92 Å². The number of aromatic nitrogens is 2. The van der Waals surface area contributed by atoms with Crippen molar-refractivity contribution in [3.8, 4) is 0 Å². The first kappa shape index (κ1) is 13.0. The van der Waals surface area contributed by atoms with Gasteiger partial charge in [-0.15, -0.1) is 0 Å². The van der Waals surface area contributed by atoms with Crippen molar-refractivity contribution >= 4 is 17.0 Å². The molecule has 3 heterocycles. The van der Waals surface area contributed by atoms with E-state index in [1.807, 2.05) is 18.3 Å². The van der Waals surface area contributed by atoms with E-state index in [9.17, 15) is 0 Å². The third kappa shape index (κ3) is 2.76. The summed E-state index contributed by atoms with van der Waals surface area (Å²) in [5.41, 5.74) is 7.92. The van der Waals surface area contributed by atoms with Gasteiger partial charge in [0.1, 0.15) is 5.65 Å². The Morgan fingerprint density at radius 1 is 1.40 bits per heavy atom. The number of hydrogen-bond donors (Lipinski definition) is 2. The number of aromatic amines is 1. The van der Waals surface area contributed by atoms with Crippen molar-refractivity contribution in [1.82, 2.24) is 14.9 Å². The number of piperidine rings is 1. The zero-order valence-corrected chi connectivity index (χ0v) is 11.8. The molecule has 2 aromatic rings. The lowest BCUT2D eigenvalue weighted by atomic mass is 10.00. The molecule has 3 rings (SSSR count). The zero-order chi connectivity index (χ0) is 13.9. The average Bonchev–Trinajstić information content (AvgIpc) is 2.93. The Morgan fingerprint density at radius 3 is 3.00 bits per heavy atom. The van der Waals surface area contributed by atoms with E-state index >= 15 is 0 Å². The molecule has 106 valence electrons. The number of nitrogens with zero attached hydrogens (tertiary/aromatic N) is 3. The molecule has 5 nitrogen and oxygen atoms in total. The molecule has 1 aliphatic heterocycles. The Labute approximate surface area is 118 Å². The van der Waals surface area contributed by atoms with Crippen molar-refractivity contribution in [3.05, 3.63) is 30.1 Å². The van der Waals surface area contributed by atoms with Gasteiger partial charge in [0.2, 0.25) is 0 Å². The first-order valence-corrected chi connectivity index (χ1v) is 7.20. The van der Waals surface area contributed by atoms with Crippen LogP contribution in [0.2, 0.25) is 0 Å². The van der Waals surface area contributed by atoms with Gasteiger partial charge in [-0.05, 0) is 37.0 Å². The Morgan fingerprint density at radius 2 is 2.20 bits per heavy atom. The van der Waals surface area contributed by atoms with Gasteiger partial charge in [0.15, 0.2) is 5.96 Å². The number of pyridine rings is 1. The summed E-state index contributed by atoms with van der Waals surface area (Å²) in [5, 5.41) is 1.12. The predicted octanol–water partition coefficient (Wildman–Crippen LogP) is 2.11. The highest BCUT2D eigenvalue weighted by Gasteiger charge is 2.16. The Hall–Kier alpha value is -2.04. The largest absolute Gasteiger partial charge is 0.370 e. The second-order valence-corrected chi connectivity index (χ2v) is 5.56. The molecule has 0 aromatic carbocycles. The molecule has 1 saturated heterocycles. The van der Waals surface area contributed by atoms with Crippen molar-refractivity contribution in [2.75, 3.05) is 13.1 Å². The summed E-state index contributed by atoms with van der Waals surface area (Å²) < 4.78 is 0. The molecule has 1 aliphatic rings. The van der Waals surface area contributed by atoms with Crippen molar-refractivity contribution in [3.63, 3.8) is 0 Å². The Balaban J connectivity index is 1.66. The van der Waals surface area contributed by atoms with Crippen LogP contribution in [0.1, 0.15) is 25.5 Å². The van der Waals surface area contributed by atoms with Crippen LogP contribution in [-0.2, 0) is 6.54 Å². The quantitative estimate of drug-likeness (QED) is 0.649. The summed E-state index contributed by atoms with van der Waals surface area (Å²) in [4.78, 5) is 14.3. The van der Waals surface area contributed by atoms with Crippen LogP contribution in [0.5, 0.6) is 0 Å². The van der Waals surface area contributed by atoms with Gasteiger partial charge < -0.3 is 15.6 Å². The van der Waals surface area contributed by atoms with Crippen LogP contribution >= 0.6 is 0 Å². The van der Waals surface area contributed by atoms with E-state index in [1.54, 1.807) is 0 Å². The van der Waals surface area contributed by atoms with Crippen molar-refractivity contribution in [2.45, 2.75) is 26.3 Å². The van der Waals surface area contributed by atoms with E-state index in [4.69, 9.17) is 5.73 Å². The second-order valence-electron chi connectivity index (χ2n) is 5.56. The van der Waals surface area contributed by atoms with Gasteiger partial charge in [-0.3, -0.25) is 0 Å². The van der Waals surface area contributed by atoms with E-state index in [1.165, 1.54) is 12.8 Å². The fourth-order valence-corrected chi connectivity index (χ4v) is 2.56. The number of rotatable bonds is 2. The molecule has 0 aliphatic carbocycles. The molecule has 0 unspecified atom stereocenters. The molecule has 3 N–H and O–H groups in total. The maximum absolute atomic E-state index is 6.07. The fourth-order valence-electron chi connectivity index (χ4n) is 2.56. The van der Waals surface area contributed by atoms with E-state index < -0.39 is 0 Å². The van der Waals surface area contributed by atoms with E-state index in [0.717, 1.165) is 35.7 Å². The highest BCUT2D eigenvalue weighted by Crippen LogP contribution is 2.16. The maximum Gasteiger partial charge on any atom is 0.191 e. The Kier molecular flexibility index (Phi) is 3.58. The zero-order valence-electron chi connectivity index (χ0n) is 11.8. The van der Waals surface area contributed by atoms with Crippen LogP contribution in [0.25, 0.3) is 11.0 Å². The van der Waals surface area contributed by atoms with Gasteiger partial charge in [0, 0.05) is 24.7 Å². The first-order valence-electron chi connectivity index (χ1n) is 7.20. The Bertz CT molecular complexity index is 608. The highest BCUT2D eigenvalue weighted by atomic mass is 15.3. The summed E-state index contributed by atoms with van der Waals surface area (Å²) in [6.45, 7) is 4.85. The molecule has 0 atom stereocenters. The molecule has 0 amide bonds. The van der Waals surface area contributed by atoms with Crippen LogP contribution in [0.4, 0.5) is 0 Å². The predicted molar refractivity (Wildman–Crippen MR) is 81.4 cm³/mol. The second kappa shape index (κ2) is 5.53. The molecule has 0 bridgehead atoms. The number of guanidine groups is 1. The number of H-pyrrole nitrogens is 1. The molecular formula is C15H21N5. The van der Waals surface area contributed by atoms with E-state index in [0.29, 0.717) is 12.5 Å². The number of likely N-dealkylation sites (tertiary alicyclic amines) is 1. The van der Waals surface area contributed by atoms with Crippen LogP contribution in [0.15, 0.2) is 29.4 Å². The maximum atomic E-state index is 6.07. The molecule has 0 saturated carbocycles. The molecular weight excluding hydrogens is 250 g/mol. The highest BCUT2D eigenvalue weighted by molar-refractivity contribution is 5.78. The van der Waals surface area contributed by atoms with Gasteiger partial charge >= 0.3 is 0 Å². The SMILES string of the molecule is CC1CCN(C(N)=NCc2ccc3cc[nH]c3n2)CC1. The van der Waals surface area contributed by atoms with Gasteiger partial charge in [0.05, 0.1) is 12.2 Å². The lowest BCUT2D eigenvalue weighted by Gasteiger charge is -2.30. The first-order chi connectivity index (χ1) is 9.72. The lowest BCUT2D eigenvalue weighted by Crippen LogP contribution is -2.42. The van der Waals surface area contributed by atoms with Crippen LogP contribution < -0.4 is 5.73 Å². The van der Waals surface area contributed by atoms with Crippen molar-refractivity contribution < 1.29 is 0 Å². The smallest absolute Gasteiger partial charge is 0.191 e. The summed E-state index contributed by atoms with van der Waals surface area (Å²) >= 11 is 0. The topological polar surface area (TPSA) is 70.3 Å². The standard InChI is InChI=1S/C15H21N5/c1-11-5-8-20(9-6-11)15(16)18-10-13-3-2-12-4-7-17-14(12)19-13/h2-4,7,11H,5-6,8-10H2,1H3,(H2,16,18)(H,17,19). The average molecular weight is 271 g/mol. The lowest BCUT2D eigenvalue weighted by molar-refractivity contribution is 0.277. The van der Waals surface area contributed by atoms with Crippen LogP contribution in [-0.4, -0.2) is 33.9 Å². The minimum Gasteiger partial charge on any atom is -0.370 e. The van der Waals surface area contributed by atoms with Gasteiger partial charge in [-0.2, -0.15) is 0 Å². The molecule has 1 fully saturated rings.